The summed E-state index contributed by atoms with van der Waals surface area (Å²) in [6.07, 6.45) is 0.925. The third-order valence-corrected chi connectivity index (χ3v) is 3.08. The molecule has 2 rings (SSSR count). The van der Waals surface area contributed by atoms with Crippen molar-refractivity contribution in [1.29, 1.82) is 0 Å². The van der Waals surface area contributed by atoms with Gasteiger partial charge in [0.2, 0.25) is 12.7 Å². The summed E-state index contributed by atoms with van der Waals surface area (Å²) in [4.78, 5) is 11.5. The van der Waals surface area contributed by atoms with Crippen molar-refractivity contribution in [3.8, 4) is 11.5 Å². The normalized spacial score (nSPS) is 16.3. The Morgan fingerprint density at radius 3 is 2.83 bits per heavy atom. The van der Waals surface area contributed by atoms with Gasteiger partial charge < -0.3 is 15.2 Å². The SMILES string of the molecule is CCC(C)NC(C(N)=O)c1ccc2c(c1)OCO2. The van der Waals surface area contributed by atoms with E-state index in [9.17, 15) is 4.79 Å². The van der Waals surface area contributed by atoms with Crippen molar-refractivity contribution in [1.82, 2.24) is 5.32 Å². The first-order chi connectivity index (χ1) is 8.61. The van der Waals surface area contributed by atoms with Crippen molar-refractivity contribution in [2.75, 3.05) is 6.79 Å². The molecule has 1 aromatic carbocycles. The molecule has 0 spiro atoms. The number of primary amides is 1. The first-order valence-corrected chi connectivity index (χ1v) is 6.06. The van der Waals surface area contributed by atoms with Gasteiger partial charge in [0.1, 0.15) is 6.04 Å². The first-order valence-electron chi connectivity index (χ1n) is 6.06. The average Bonchev–Trinajstić information content (AvgIpc) is 2.82. The minimum atomic E-state index is -0.505. The quantitative estimate of drug-likeness (QED) is 0.826. The lowest BCUT2D eigenvalue weighted by Gasteiger charge is -2.20. The number of carbonyl (C=O) groups excluding carboxylic acids is 1. The van der Waals surface area contributed by atoms with E-state index in [2.05, 4.69) is 12.2 Å². The standard InChI is InChI=1S/C13H18N2O3/c1-3-8(2)15-12(13(14)16)9-4-5-10-11(6-9)18-7-17-10/h4-6,8,12,15H,3,7H2,1-2H3,(H2,14,16). The van der Waals surface area contributed by atoms with Gasteiger partial charge in [-0.05, 0) is 31.0 Å². The second kappa shape index (κ2) is 5.27. The summed E-state index contributed by atoms with van der Waals surface area (Å²) >= 11 is 0. The van der Waals surface area contributed by atoms with Gasteiger partial charge in [-0.15, -0.1) is 0 Å². The van der Waals surface area contributed by atoms with E-state index in [4.69, 9.17) is 15.2 Å². The zero-order chi connectivity index (χ0) is 13.1. The third-order valence-electron chi connectivity index (χ3n) is 3.08. The van der Waals surface area contributed by atoms with Gasteiger partial charge in [0.15, 0.2) is 11.5 Å². The van der Waals surface area contributed by atoms with Crippen LogP contribution in [0.2, 0.25) is 0 Å². The molecule has 18 heavy (non-hydrogen) atoms. The maximum atomic E-state index is 11.5. The van der Waals surface area contributed by atoms with Crippen molar-refractivity contribution in [2.45, 2.75) is 32.4 Å². The van der Waals surface area contributed by atoms with E-state index in [0.717, 1.165) is 12.0 Å². The van der Waals surface area contributed by atoms with Crippen LogP contribution in [-0.4, -0.2) is 18.7 Å². The highest BCUT2D eigenvalue weighted by molar-refractivity contribution is 5.81. The van der Waals surface area contributed by atoms with Crippen LogP contribution in [0.15, 0.2) is 18.2 Å². The lowest BCUT2D eigenvalue weighted by molar-refractivity contribution is -0.120. The fourth-order valence-corrected chi connectivity index (χ4v) is 1.84. The Kier molecular flexibility index (Phi) is 3.72. The van der Waals surface area contributed by atoms with Crippen LogP contribution in [0.5, 0.6) is 11.5 Å². The zero-order valence-electron chi connectivity index (χ0n) is 10.6. The highest BCUT2D eigenvalue weighted by atomic mass is 16.7. The number of nitrogens with one attached hydrogen (secondary N) is 1. The van der Waals surface area contributed by atoms with Crippen molar-refractivity contribution in [3.63, 3.8) is 0 Å². The van der Waals surface area contributed by atoms with E-state index in [1.165, 1.54) is 0 Å². The minimum absolute atomic E-state index is 0.216. The van der Waals surface area contributed by atoms with Crippen molar-refractivity contribution < 1.29 is 14.3 Å². The molecule has 2 unspecified atom stereocenters. The summed E-state index contributed by atoms with van der Waals surface area (Å²) in [6, 6.07) is 5.14. The van der Waals surface area contributed by atoms with Crippen LogP contribution in [0.25, 0.3) is 0 Å². The Morgan fingerprint density at radius 2 is 2.17 bits per heavy atom. The minimum Gasteiger partial charge on any atom is -0.454 e. The number of hydrogen-bond donors (Lipinski definition) is 2. The summed E-state index contributed by atoms with van der Waals surface area (Å²) in [6.45, 7) is 4.29. The molecular weight excluding hydrogens is 232 g/mol. The van der Waals surface area contributed by atoms with Gasteiger partial charge in [0.05, 0.1) is 0 Å². The number of fused-ring (bicyclic) bond motifs is 1. The summed E-state index contributed by atoms with van der Waals surface area (Å²) in [5, 5.41) is 3.20. The number of ether oxygens (including phenoxy) is 2. The summed E-state index contributed by atoms with van der Waals surface area (Å²) in [5.41, 5.74) is 6.24. The molecule has 3 N–H and O–H groups in total. The third kappa shape index (κ3) is 2.56. The predicted octanol–water partition coefficient (Wildman–Crippen LogP) is 1.33. The lowest BCUT2D eigenvalue weighted by Crippen LogP contribution is -2.38. The molecule has 0 saturated heterocycles. The van der Waals surface area contributed by atoms with Crippen molar-refractivity contribution >= 4 is 5.91 Å². The molecule has 1 aliphatic rings. The molecule has 98 valence electrons. The molecule has 0 aromatic heterocycles. The Morgan fingerprint density at radius 1 is 1.44 bits per heavy atom. The van der Waals surface area contributed by atoms with Gasteiger partial charge in [-0.2, -0.15) is 0 Å². The molecule has 0 bridgehead atoms. The largest absolute Gasteiger partial charge is 0.454 e. The van der Waals surface area contributed by atoms with E-state index in [-0.39, 0.29) is 12.8 Å². The predicted molar refractivity (Wildman–Crippen MR) is 67.4 cm³/mol. The van der Waals surface area contributed by atoms with Crippen LogP contribution < -0.4 is 20.5 Å². The first kappa shape index (κ1) is 12.7. The summed E-state index contributed by atoms with van der Waals surface area (Å²) in [7, 11) is 0. The van der Waals surface area contributed by atoms with E-state index < -0.39 is 11.9 Å². The summed E-state index contributed by atoms with van der Waals surface area (Å²) < 4.78 is 10.5. The number of carbonyl (C=O) groups is 1. The van der Waals surface area contributed by atoms with Gasteiger partial charge >= 0.3 is 0 Å². The van der Waals surface area contributed by atoms with Crippen molar-refractivity contribution in [3.05, 3.63) is 23.8 Å². The van der Waals surface area contributed by atoms with Gasteiger partial charge in [0.25, 0.3) is 0 Å². The number of benzene rings is 1. The van der Waals surface area contributed by atoms with Gasteiger partial charge in [-0.1, -0.05) is 13.0 Å². The van der Waals surface area contributed by atoms with Gasteiger partial charge in [0, 0.05) is 6.04 Å². The van der Waals surface area contributed by atoms with Crippen LogP contribution in [-0.2, 0) is 4.79 Å². The smallest absolute Gasteiger partial charge is 0.239 e. The van der Waals surface area contributed by atoms with E-state index in [1.807, 2.05) is 13.0 Å². The maximum absolute atomic E-state index is 11.5. The Bertz CT molecular complexity index is 448. The fraction of sp³-hybridized carbons (Fsp3) is 0.462. The van der Waals surface area contributed by atoms with Gasteiger partial charge in [-0.25, -0.2) is 0 Å². The highest BCUT2D eigenvalue weighted by Gasteiger charge is 2.22. The van der Waals surface area contributed by atoms with Crippen molar-refractivity contribution in [2.24, 2.45) is 5.73 Å². The fourth-order valence-electron chi connectivity index (χ4n) is 1.84. The molecule has 5 heteroatoms. The average molecular weight is 250 g/mol. The monoisotopic (exact) mass is 250 g/mol. The van der Waals surface area contributed by atoms with E-state index >= 15 is 0 Å². The molecule has 1 amide bonds. The number of amides is 1. The lowest BCUT2D eigenvalue weighted by atomic mass is 10.0. The number of nitrogens with two attached hydrogens (primary N) is 1. The molecule has 1 aromatic rings. The van der Waals surface area contributed by atoms with Crippen LogP contribution in [0.4, 0.5) is 0 Å². The number of hydrogen-bond acceptors (Lipinski definition) is 4. The molecule has 1 aliphatic heterocycles. The molecule has 0 aliphatic carbocycles. The van der Waals surface area contributed by atoms with Crippen LogP contribution in [0, 0.1) is 0 Å². The molecular formula is C13H18N2O3. The van der Waals surface area contributed by atoms with Crippen LogP contribution in [0.3, 0.4) is 0 Å². The second-order valence-electron chi connectivity index (χ2n) is 4.42. The van der Waals surface area contributed by atoms with E-state index in [1.54, 1.807) is 12.1 Å². The zero-order valence-corrected chi connectivity index (χ0v) is 10.6. The highest BCUT2D eigenvalue weighted by Crippen LogP contribution is 2.34. The molecule has 0 saturated carbocycles. The topological polar surface area (TPSA) is 73.6 Å². The Labute approximate surface area is 106 Å². The molecule has 5 nitrogen and oxygen atoms in total. The second-order valence-corrected chi connectivity index (χ2v) is 4.42. The van der Waals surface area contributed by atoms with E-state index in [0.29, 0.717) is 11.5 Å². The van der Waals surface area contributed by atoms with Crippen LogP contribution >= 0.6 is 0 Å². The molecule has 0 radical (unpaired) electrons. The summed E-state index contributed by atoms with van der Waals surface area (Å²) in [5.74, 6) is 0.962. The van der Waals surface area contributed by atoms with Gasteiger partial charge in [-0.3, -0.25) is 10.1 Å². The Hall–Kier alpha value is -1.75. The number of rotatable bonds is 5. The van der Waals surface area contributed by atoms with Crippen LogP contribution in [0.1, 0.15) is 31.9 Å². The Balaban J connectivity index is 2.23. The molecule has 1 heterocycles. The molecule has 2 atom stereocenters. The maximum Gasteiger partial charge on any atom is 0.239 e. The molecule has 0 fully saturated rings.